The van der Waals surface area contributed by atoms with E-state index in [1.165, 1.54) is 12.8 Å². The molecule has 3 unspecified atom stereocenters. The van der Waals surface area contributed by atoms with Gasteiger partial charge < -0.3 is 0 Å². The van der Waals surface area contributed by atoms with Gasteiger partial charge in [0.2, 0.25) is 0 Å². The molecular formula is C12H20. The molecule has 0 spiro atoms. The summed E-state index contributed by atoms with van der Waals surface area (Å²) >= 11 is 0. The SMILES string of the molecule is CCC1CC2(C)C=CC1C2(C)C. The Morgan fingerprint density at radius 3 is 2.25 bits per heavy atom. The maximum Gasteiger partial charge on any atom is -0.00867 e. The van der Waals surface area contributed by atoms with Crippen LogP contribution in [0.4, 0.5) is 0 Å². The van der Waals surface area contributed by atoms with Gasteiger partial charge in [0.25, 0.3) is 0 Å². The quantitative estimate of drug-likeness (QED) is 0.519. The third-order valence-electron chi connectivity index (χ3n) is 4.70. The lowest BCUT2D eigenvalue weighted by molar-refractivity contribution is 0.179. The van der Waals surface area contributed by atoms with Crippen LogP contribution in [-0.4, -0.2) is 0 Å². The largest absolute Gasteiger partial charge is 0.0840 e. The van der Waals surface area contributed by atoms with Crippen LogP contribution in [0.1, 0.15) is 40.5 Å². The van der Waals surface area contributed by atoms with Crippen molar-refractivity contribution in [1.82, 2.24) is 0 Å². The first-order chi connectivity index (χ1) is 5.51. The van der Waals surface area contributed by atoms with Crippen LogP contribution in [0.2, 0.25) is 0 Å². The number of allylic oxidation sites excluding steroid dienone is 2. The highest BCUT2D eigenvalue weighted by Crippen LogP contribution is 2.64. The first-order valence-electron chi connectivity index (χ1n) is 5.20. The lowest BCUT2D eigenvalue weighted by Crippen LogP contribution is -2.27. The molecule has 2 bridgehead atoms. The molecule has 1 saturated carbocycles. The summed E-state index contributed by atoms with van der Waals surface area (Å²) in [5.74, 6) is 1.81. The van der Waals surface area contributed by atoms with Gasteiger partial charge in [0.15, 0.2) is 0 Å². The molecule has 0 heterocycles. The van der Waals surface area contributed by atoms with Gasteiger partial charge in [0.05, 0.1) is 0 Å². The maximum absolute atomic E-state index is 2.47. The van der Waals surface area contributed by atoms with E-state index in [-0.39, 0.29) is 0 Å². The molecule has 2 aliphatic carbocycles. The molecule has 0 heteroatoms. The fourth-order valence-corrected chi connectivity index (χ4v) is 3.30. The minimum Gasteiger partial charge on any atom is -0.0840 e. The molecule has 12 heavy (non-hydrogen) atoms. The molecule has 0 radical (unpaired) electrons. The van der Waals surface area contributed by atoms with Crippen LogP contribution in [0.15, 0.2) is 12.2 Å². The van der Waals surface area contributed by atoms with E-state index < -0.39 is 0 Å². The Morgan fingerprint density at radius 2 is 2.00 bits per heavy atom. The Hall–Kier alpha value is -0.260. The molecule has 0 saturated heterocycles. The number of fused-ring (bicyclic) bond motifs is 2. The fourth-order valence-electron chi connectivity index (χ4n) is 3.30. The molecule has 2 aliphatic rings. The van der Waals surface area contributed by atoms with Crippen molar-refractivity contribution in [1.29, 1.82) is 0 Å². The van der Waals surface area contributed by atoms with Gasteiger partial charge in [-0.3, -0.25) is 0 Å². The molecule has 2 rings (SSSR count). The lowest BCUT2D eigenvalue weighted by atomic mass is 9.70. The number of hydrogen-bond donors (Lipinski definition) is 0. The second kappa shape index (κ2) is 2.16. The summed E-state index contributed by atoms with van der Waals surface area (Å²) in [4.78, 5) is 0. The Kier molecular flexibility index (Phi) is 1.50. The summed E-state index contributed by atoms with van der Waals surface area (Å²) in [6.07, 6.45) is 7.70. The van der Waals surface area contributed by atoms with E-state index in [1.807, 2.05) is 0 Å². The molecule has 0 N–H and O–H groups in total. The topological polar surface area (TPSA) is 0 Å². The summed E-state index contributed by atoms with van der Waals surface area (Å²) in [6.45, 7) is 9.64. The zero-order valence-corrected chi connectivity index (χ0v) is 8.72. The third kappa shape index (κ3) is 0.739. The number of rotatable bonds is 1. The summed E-state index contributed by atoms with van der Waals surface area (Å²) in [5.41, 5.74) is 1.02. The van der Waals surface area contributed by atoms with Gasteiger partial charge >= 0.3 is 0 Å². The monoisotopic (exact) mass is 164 g/mol. The molecule has 68 valence electrons. The van der Waals surface area contributed by atoms with Gasteiger partial charge in [-0.25, -0.2) is 0 Å². The summed E-state index contributed by atoms with van der Waals surface area (Å²) in [6, 6.07) is 0. The molecule has 1 fully saturated rings. The molecule has 0 aromatic rings. The van der Waals surface area contributed by atoms with E-state index in [0.29, 0.717) is 10.8 Å². The summed E-state index contributed by atoms with van der Waals surface area (Å²) in [5, 5.41) is 0. The Labute approximate surface area is 76.1 Å². The van der Waals surface area contributed by atoms with Crippen molar-refractivity contribution in [3.63, 3.8) is 0 Å². The van der Waals surface area contributed by atoms with E-state index in [2.05, 4.69) is 39.8 Å². The van der Waals surface area contributed by atoms with E-state index in [4.69, 9.17) is 0 Å². The Morgan fingerprint density at radius 1 is 1.33 bits per heavy atom. The molecule has 3 atom stereocenters. The Bertz CT molecular complexity index is 224. The second-order valence-electron chi connectivity index (χ2n) is 5.40. The molecule has 0 nitrogen and oxygen atoms in total. The van der Waals surface area contributed by atoms with Crippen LogP contribution >= 0.6 is 0 Å². The first kappa shape index (κ1) is 8.34. The van der Waals surface area contributed by atoms with Crippen molar-refractivity contribution in [2.75, 3.05) is 0 Å². The van der Waals surface area contributed by atoms with Crippen molar-refractivity contribution < 1.29 is 0 Å². The third-order valence-corrected chi connectivity index (χ3v) is 4.70. The van der Waals surface area contributed by atoms with Gasteiger partial charge in [-0.05, 0) is 29.1 Å². The zero-order chi connectivity index (χ0) is 8.98. The second-order valence-corrected chi connectivity index (χ2v) is 5.40. The van der Waals surface area contributed by atoms with Gasteiger partial charge in [-0.1, -0.05) is 46.3 Å². The van der Waals surface area contributed by atoms with Gasteiger partial charge in [0.1, 0.15) is 0 Å². The lowest BCUT2D eigenvalue weighted by Gasteiger charge is -2.33. The summed E-state index contributed by atoms with van der Waals surface area (Å²) in [7, 11) is 0. The van der Waals surface area contributed by atoms with Crippen molar-refractivity contribution in [3.05, 3.63) is 12.2 Å². The predicted octanol–water partition coefficient (Wildman–Crippen LogP) is 3.63. The van der Waals surface area contributed by atoms with Gasteiger partial charge in [-0.15, -0.1) is 0 Å². The molecule has 0 aromatic carbocycles. The smallest absolute Gasteiger partial charge is 0.00867 e. The predicted molar refractivity (Wildman–Crippen MR) is 52.9 cm³/mol. The normalized spacial score (nSPS) is 48.7. The average molecular weight is 164 g/mol. The van der Waals surface area contributed by atoms with E-state index >= 15 is 0 Å². The van der Waals surface area contributed by atoms with Crippen molar-refractivity contribution in [2.24, 2.45) is 22.7 Å². The van der Waals surface area contributed by atoms with Crippen LogP contribution in [-0.2, 0) is 0 Å². The van der Waals surface area contributed by atoms with Crippen LogP contribution in [0, 0.1) is 22.7 Å². The van der Waals surface area contributed by atoms with E-state index in [0.717, 1.165) is 11.8 Å². The average Bonchev–Trinajstić information content (AvgIpc) is 2.33. The fraction of sp³-hybridized carbons (Fsp3) is 0.833. The zero-order valence-electron chi connectivity index (χ0n) is 8.72. The first-order valence-corrected chi connectivity index (χ1v) is 5.20. The van der Waals surface area contributed by atoms with E-state index in [1.54, 1.807) is 0 Å². The molecule has 0 amide bonds. The van der Waals surface area contributed by atoms with Crippen molar-refractivity contribution in [2.45, 2.75) is 40.5 Å². The molecular weight excluding hydrogens is 144 g/mol. The minimum absolute atomic E-state index is 0.498. The number of hydrogen-bond acceptors (Lipinski definition) is 0. The van der Waals surface area contributed by atoms with Crippen LogP contribution in [0.3, 0.4) is 0 Å². The molecule has 0 aliphatic heterocycles. The van der Waals surface area contributed by atoms with Crippen LogP contribution in [0.5, 0.6) is 0 Å². The highest BCUT2D eigenvalue weighted by atomic mass is 14.6. The maximum atomic E-state index is 2.47. The van der Waals surface area contributed by atoms with Crippen LogP contribution < -0.4 is 0 Å². The van der Waals surface area contributed by atoms with Crippen molar-refractivity contribution >= 4 is 0 Å². The van der Waals surface area contributed by atoms with Crippen LogP contribution in [0.25, 0.3) is 0 Å². The van der Waals surface area contributed by atoms with E-state index in [9.17, 15) is 0 Å². The standard InChI is InChI=1S/C12H20/c1-5-9-8-12(4)7-6-10(9)11(12,2)3/h6-7,9-10H,5,8H2,1-4H3. The highest BCUT2D eigenvalue weighted by Gasteiger charge is 2.56. The molecule has 0 aromatic heterocycles. The van der Waals surface area contributed by atoms with Gasteiger partial charge in [0, 0.05) is 0 Å². The van der Waals surface area contributed by atoms with Crippen molar-refractivity contribution in [3.8, 4) is 0 Å². The summed E-state index contributed by atoms with van der Waals surface area (Å²) < 4.78 is 0. The van der Waals surface area contributed by atoms with Gasteiger partial charge in [-0.2, -0.15) is 0 Å². The minimum atomic E-state index is 0.498. The highest BCUT2D eigenvalue weighted by molar-refractivity contribution is 5.24. The Balaban J connectivity index is 2.36.